The van der Waals surface area contributed by atoms with Gasteiger partial charge in [-0.2, -0.15) is 0 Å². The maximum Gasteiger partial charge on any atom is -0.00199 e. The van der Waals surface area contributed by atoms with Crippen LogP contribution in [-0.2, 0) is 0 Å². The number of rotatable bonds is 2. The molecule has 8 aromatic rings. The molecule has 0 heterocycles. The Hall–Kier alpha value is -4.94. The Kier molecular flexibility index (Phi) is 4.84. The smallest absolute Gasteiger partial charge is 0.00199 e. The van der Waals surface area contributed by atoms with E-state index in [1.54, 1.807) is 0 Å². The van der Waals surface area contributed by atoms with Crippen molar-refractivity contribution in [2.45, 2.75) is 6.92 Å². The van der Waals surface area contributed by atoms with E-state index in [-0.39, 0.29) is 0 Å². The summed E-state index contributed by atoms with van der Waals surface area (Å²) in [6, 6.07) is 51.3. The molecule has 0 heteroatoms. The number of aryl methyl sites for hydroxylation is 1. The largest absolute Gasteiger partial charge is 0.0622 e. The molecule has 0 nitrogen and oxygen atoms in total. The lowest BCUT2D eigenvalue weighted by Gasteiger charge is -2.17. The van der Waals surface area contributed by atoms with Crippen LogP contribution in [0.5, 0.6) is 0 Å². The van der Waals surface area contributed by atoms with Crippen LogP contribution >= 0.6 is 0 Å². The Morgan fingerprint density at radius 2 is 0.897 bits per heavy atom. The number of fused-ring (bicyclic) bond motifs is 9. The Morgan fingerprint density at radius 1 is 0.333 bits per heavy atom. The third-order valence-electron chi connectivity index (χ3n) is 8.33. The van der Waals surface area contributed by atoms with Gasteiger partial charge < -0.3 is 0 Å². The molecule has 0 aliphatic carbocycles. The molecule has 0 bridgehead atoms. The van der Waals surface area contributed by atoms with E-state index >= 15 is 0 Å². The number of benzene rings is 8. The molecule has 182 valence electrons. The lowest BCUT2D eigenvalue weighted by Crippen LogP contribution is -1.89. The van der Waals surface area contributed by atoms with Crippen LogP contribution < -0.4 is 0 Å². The summed E-state index contributed by atoms with van der Waals surface area (Å²) in [5.41, 5.74) is 6.36. The monoisotopic (exact) mass is 494 g/mol. The van der Waals surface area contributed by atoms with Crippen molar-refractivity contribution in [3.63, 3.8) is 0 Å². The van der Waals surface area contributed by atoms with Gasteiger partial charge in [-0.15, -0.1) is 0 Å². The number of hydrogen-bond donors (Lipinski definition) is 0. The average Bonchev–Trinajstić information content (AvgIpc) is 3.01. The van der Waals surface area contributed by atoms with Crippen LogP contribution in [0.1, 0.15) is 5.56 Å². The third-order valence-corrected chi connectivity index (χ3v) is 8.33. The second kappa shape index (κ2) is 8.55. The van der Waals surface area contributed by atoms with Crippen molar-refractivity contribution in [1.82, 2.24) is 0 Å². The van der Waals surface area contributed by atoms with Gasteiger partial charge in [0.05, 0.1) is 0 Å². The van der Waals surface area contributed by atoms with E-state index in [0.717, 1.165) is 0 Å². The average molecular weight is 495 g/mol. The molecule has 8 aromatic carbocycles. The van der Waals surface area contributed by atoms with Gasteiger partial charge in [0.15, 0.2) is 0 Å². The van der Waals surface area contributed by atoms with Crippen molar-refractivity contribution < 1.29 is 0 Å². The van der Waals surface area contributed by atoms with Crippen LogP contribution in [-0.4, -0.2) is 0 Å². The summed E-state index contributed by atoms with van der Waals surface area (Å²) < 4.78 is 0. The molecule has 0 amide bonds. The quantitative estimate of drug-likeness (QED) is 0.210. The summed E-state index contributed by atoms with van der Waals surface area (Å²) in [5.74, 6) is 0. The first-order valence-electron chi connectivity index (χ1n) is 13.6. The minimum Gasteiger partial charge on any atom is -0.0622 e. The molecule has 0 N–H and O–H groups in total. The predicted octanol–water partition coefficient (Wildman–Crippen LogP) is 11.1. The van der Waals surface area contributed by atoms with Crippen molar-refractivity contribution in [3.05, 3.63) is 145 Å². The van der Waals surface area contributed by atoms with Crippen LogP contribution in [0.3, 0.4) is 0 Å². The van der Waals surface area contributed by atoms with Crippen LogP contribution in [0.25, 0.3) is 76.1 Å². The number of hydrogen-bond acceptors (Lipinski definition) is 0. The SMILES string of the molecule is Cc1cc(-c2ccccc2)cc2ccc(-c3cc4c5ccccc5c5ccccc5c4c4ccccc34)cc12. The van der Waals surface area contributed by atoms with Crippen molar-refractivity contribution in [2.24, 2.45) is 0 Å². The summed E-state index contributed by atoms with van der Waals surface area (Å²) >= 11 is 0. The van der Waals surface area contributed by atoms with Gasteiger partial charge in [-0.3, -0.25) is 0 Å². The molecule has 0 saturated carbocycles. The molecular formula is C39H26. The molecule has 0 fully saturated rings. The Labute approximate surface area is 227 Å². The van der Waals surface area contributed by atoms with Gasteiger partial charge in [0.25, 0.3) is 0 Å². The molecule has 8 rings (SSSR count). The lowest BCUT2D eigenvalue weighted by atomic mass is 9.87. The molecule has 39 heavy (non-hydrogen) atoms. The second-order valence-electron chi connectivity index (χ2n) is 10.6. The summed E-state index contributed by atoms with van der Waals surface area (Å²) in [7, 11) is 0. The summed E-state index contributed by atoms with van der Waals surface area (Å²) in [6.07, 6.45) is 0. The Balaban J connectivity index is 1.44. The van der Waals surface area contributed by atoms with E-state index in [9.17, 15) is 0 Å². The van der Waals surface area contributed by atoms with Crippen molar-refractivity contribution in [3.8, 4) is 22.3 Å². The molecule has 0 unspecified atom stereocenters. The summed E-state index contributed by atoms with van der Waals surface area (Å²) in [4.78, 5) is 0. The summed E-state index contributed by atoms with van der Waals surface area (Å²) in [5, 5.41) is 13.1. The summed E-state index contributed by atoms with van der Waals surface area (Å²) in [6.45, 7) is 2.23. The van der Waals surface area contributed by atoms with E-state index in [1.165, 1.54) is 81.7 Å². The van der Waals surface area contributed by atoms with E-state index in [4.69, 9.17) is 0 Å². The fraction of sp³-hybridized carbons (Fsp3) is 0.0256. The normalized spacial score (nSPS) is 11.7. The molecule has 0 aromatic heterocycles. The predicted molar refractivity (Wildman–Crippen MR) is 170 cm³/mol. The van der Waals surface area contributed by atoms with Gasteiger partial charge in [0, 0.05) is 0 Å². The molecule has 0 radical (unpaired) electrons. The zero-order chi connectivity index (χ0) is 25.9. The third kappa shape index (κ3) is 3.39. The molecule has 0 atom stereocenters. The molecule has 0 aliphatic heterocycles. The molecule has 0 saturated heterocycles. The lowest BCUT2D eigenvalue weighted by molar-refractivity contribution is 1.52. The van der Waals surface area contributed by atoms with Crippen LogP contribution in [0.4, 0.5) is 0 Å². The first kappa shape index (κ1) is 22.1. The standard InChI is InChI=1S/C39H26/c1-25-21-29(26-11-3-2-4-12-26)22-27-19-20-28(23-36(25)27)37-24-38-32-15-6-5-13-30(32)31-14-7-9-17-34(31)39(38)35-18-10-8-16-33(35)37/h2-24H,1H3. The van der Waals surface area contributed by atoms with Gasteiger partial charge >= 0.3 is 0 Å². The van der Waals surface area contributed by atoms with Crippen molar-refractivity contribution in [1.29, 1.82) is 0 Å². The van der Waals surface area contributed by atoms with E-state index in [0.29, 0.717) is 0 Å². The fourth-order valence-electron chi connectivity index (χ4n) is 6.51. The zero-order valence-electron chi connectivity index (χ0n) is 21.8. The second-order valence-corrected chi connectivity index (χ2v) is 10.6. The van der Waals surface area contributed by atoms with Crippen molar-refractivity contribution in [2.75, 3.05) is 0 Å². The minimum absolute atomic E-state index is 1.26. The fourth-order valence-corrected chi connectivity index (χ4v) is 6.51. The minimum atomic E-state index is 1.26. The van der Waals surface area contributed by atoms with Crippen LogP contribution in [0, 0.1) is 6.92 Å². The highest BCUT2D eigenvalue weighted by atomic mass is 14.2. The maximum absolute atomic E-state index is 2.43. The van der Waals surface area contributed by atoms with Gasteiger partial charge in [-0.1, -0.05) is 121 Å². The Morgan fingerprint density at radius 3 is 1.62 bits per heavy atom. The van der Waals surface area contributed by atoms with Gasteiger partial charge in [-0.25, -0.2) is 0 Å². The van der Waals surface area contributed by atoms with E-state index < -0.39 is 0 Å². The van der Waals surface area contributed by atoms with Crippen molar-refractivity contribution >= 4 is 53.9 Å². The zero-order valence-corrected chi connectivity index (χ0v) is 21.8. The van der Waals surface area contributed by atoms with E-state index in [1.807, 2.05) is 0 Å². The van der Waals surface area contributed by atoms with Crippen LogP contribution in [0.2, 0.25) is 0 Å². The van der Waals surface area contributed by atoms with Crippen LogP contribution in [0.15, 0.2) is 140 Å². The highest BCUT2D eigenvalue weighted by molar-refractivity contribution is 6.33. The van der Waals surface area contributed by atoms with Gasteiger partial charge in [0.1, 0.15) is 0 Å². The molecular weight excluding hydrogens is 468 g/mol. The molecule has 0 aliphatic rings. The Bertz CT molecular complexity index is 2220. The topological polar surface area (TPSA) is 0 Å². The van der Waals surface area contributed by atoms with E-state index in [2.05, 4.69) is 146 Å². The highest BCUT2D eigenvalue weighted by Gasteiger charge is 2.15. The van der Waals surface area contributed by atoms with Gasteiger partial charge in [-0.05, 0) is 107 Å². The highest BCUT2D eigenvalue weighted by Crippen LogP contribution is 2.43. The maximum atomic E-state index is 2.43. The first-order chi connectivity index (χ1) is 19.3. The first-order valence-corrected chi connectivity index (χ1v) is 13.6. The molecule has 0 spiro atoms. The van der Waals surface area contributed by atoms with Gasteiger partial charge in [0.2, 0.25) is 0 Å².